The fourth-order valence-electron chi connectivity index (χ4n) is 4.71. The zero-order valence-corrected chi connectivity index (χ0v) is 20.2. The van der Waals surface area contributed by atoms with Gasteiger partial charge in [-0.15, -0.1) is 0 Å². The number of nitrogens with one attached hydrogen (secondary N) is 1. The van der Waals surface area contributed by atoms with Gasteiger partial charge in [-0.3, -0.25) is 9.69 Å². The molecule has 0 spiro atoms. The number of nitrogens with zero attached hydrogens (tertiary/aromatic N) is 2. The van der Waals surface area contributed by atoms with Crippen LogP contribution < -0.4 is 15.0 Å². The number of urea groups is 1. The molecule has 34 heavy (non-hydrogen) atoms. The number of anilines is 1. The number of hydrogen-bond acceptors (Lipinski definition) is 4. The number of rotatable bonds is 6. The van der Waals surface area contributed by atoms with E-state index in [1.54, 1.807) is 31.4 Å². The van der Waals surface area contributed by atoms with Crippen LogP contribution in [0.15, 0.2) is 48.2 Å². The van der Waals surface area contributed by atoms with Gasteiger partial charge in [-0.05, 0) is 51.0 Å². The fraction of sp³-hybridized carbons (Fsp3) is 0.333. The Bertz CT molecular complexity index is 1220. The molecule has 1 saturated heterocycles. The molecular formula is C27H30FN3O3. The molecule has 0 aliphatic carbocycles. The molecule has 178 valence electrons. The molecule has 2 heterocycles. The first-order valence-corrected chi connectivity index (χ1v) is 11.4. The van der Waals surface area contributed by atoms with Crippen molar-refractivity contribution in [1.29, 1.82) is 0 Å². The molecule has 1 fully saturated rings. The summed E-state index contributed by atoms with van der Waals surface area (Å²) in [6.07, 6.45) is 4.87. The van der Waals surface area contributed by atoms with Crippen LogP contribution in [0.3, 0.4) is 0 Å². The number of fused-ring (bicyclic) bond motifs is 1. The SMILES string of the molecule is CCCN1c2cc(OC)c(/C=C3/NC(=O)N(Cc4ccccc4F)C3=O)cc2C(C)=CC1(C)C. The van der Waals surface area contributed by atoms with Crippen molar-refractivity contribution in [2.75, 3.05) is 18.6 Å². The highest BCUT2D eigenvalue weighted by Gasteiger charge is 2.35. The summed E-state index contributed by atoms with van der Waals surface area (Å²) in [7, 11) is 1.59. The van der Waals surface area contributed by atoms with Gasteiger partial charge in [-0.2, -0.15) is 0 Å². The van der Waals surface area contributed by atoms with Crippen LogP contribution in [0, 0.1) is 5.82 Å². The minimum absolute atomic E-state index is 0.128. The number of halogens is 1. The zero-order valence-electron chi connectivity index (χ0n) is 20.2. The molecule has 6 nitrogen and oxygen atoms in total. The maximum atomic E-state index is 14.1. The number of ether oxygens (including phenoxy) is 1. The quantitative estimate of drug-likeness (QED) is 0.464. The number of allylic oxidation sites excluding steroid dienone is 1. The molecular weight excluding hydrogens is 433 g/mol. The lowest BCUT2D eigenvalue weighted by Gasteiger charge is -2.43. The van der Waals surface area contributed by atoms with E-state index in [2.05, 4.69) is 44.0 Å². The highest BCUT2D eigenvalue weighted by atomic mass is 19.1. The van der Waals surface area contributed by atoms with Gasteiger partial charge in [0.2, 0.25) is 0 Å². The number of methoxy groups -OCH3 is 1. The third kappa shape index (κ3) is 4.18. The summed E-state index contributed by atoms with van der Waals surface area (Å²) in [6, 6.07) is 9.51. The Kier molecular flexibility index (Phi) is 6.21. The van der Waals surface area contributed by atoms with Crippen molar-refractivity contribution in [2.24, 2.45) is 0 Å². The molecule has 2 aromatic rings. The molecule has 0 aromatic heterocycles. The Labute approximate surface area is 199 Å². The highest BCUT2D eigenvalue weighted by molar-refractivity contribution is 6.14. The molecule has 0 saturated carbocycles. The van der Waals surface area contributed by atoms with Gasteiger partial charge < -0.3 is 15.0 Å². The average molecular weight is 464 g/mol. The molecule has 2 aliphatic rings. The van der Waals surface area contributed by atoms with E-state index >= 15 is 0 Å². The van der Waals surface area contributed by atoms with Crippen molar-refractivity contribution in [3.63, 3.8) is 0 Å². The third-order valence-electron chi connectivity index (χ3n) is 6.32. The van der Waals surface area contributed by atoms with E-state index in [-0.39, 0.29) is 23.3 Å². The summed E-state index contributed by atoms with van der Waals surface area (Å²) in [5, 5.41) is 2.62. The average Bonchev–Trinajstić information content (AvgIpc) is 3.05. The molecule has 0 bridgehead atoms. The van der Waals surface area contributed by atoms with Crippen molar-refractivity contribution in [3.05, 3.63) is 70.7 Å². The molecule has 1 N–H and O–H groups in total. The smallest absolute Gasteiger partial charge is 0.329 e. The molecule has 0 atom stereocenters. The van der Waals surface area contributed by atoms with Gasteiger partial charge in [-0.25, -0.2) is 9.18 Å². The summed E-state index contributed by atoms with van der Waals surface area (Å²) >= 11 is 0. The van der Waals surface area contributed by atoms with E-state index in [0.717, 1.165) is 34.7 Å². The maximum absolute atomic E-state index is 14.1. The minimum atomic E-state index is -0.580. The Hall–Kier alpha value is -3.61. The number of imide groups is 1. The van der Waals surface area contributed by atoms with E-state index in [1.807, 2.05) is 12.1 Å². The first kappa shape index (κ1) is 23.5. The Morgan fingerprint density at radius 3 is 2.59 bits per heavy atom. The van der Waals surface area contributed by atoms with Gasteiger partial charge >= 0.3 is 6.03 Å². The first-order valence-electron chi connectivity index (χ1n) is 11.4. The van der Waals surface area contributed by atoms with Crippen molar-refractivity contribution in [1.82, 2.24) is 10.2 Å². The Morgan fingerprint density at radius 1 is 1.18 bits per heavy atom. The Morgan fingerprint density at radius 2 is 1.91 bits per heavy atom. The topological polar surface area (TPSA) is 61.9 Å². The lowest BCUT2D eigenvalue weighted by atomic mass is 9.87. The largest absolute Gasteiger partial charge is 0.496 e. The lowest BCUT2D eigenvalue weighted by Crippen LogP contribution is -2.45. The molecule has 7 heteroatoms. The second-order valence-corrected chi connectivity index (χ2v) is 9.21. The first-order chi connectivity index (χ1) is 16.2. The van der Waals surface area contributed by atoms with E-state index in [4.69, 9.17) is 4.74 Å². The van der Waals surface area contributed by atoms with Gasteiger partial charge in [-0.1, -0.05) is 31.2 Å². The van der Waals surface area contributed by atoms with Gasteiger partial charge in [0.25, 0.3) is 5.91 Å². The van der Waals surface area contributed by atoms with E-state index in [0.29, 0.717) is 11.3 Å². The summed E-state index contributed by atoms with van der Waals surface area (Å²) in [6.45, 7) is 9.36. The van der Waals surface area contributed by atoms with Crippen molar-refractivity contribution >= 4 is 29.3 Å². The summed E-state index contributed by atoms with van der Waals surface area (Å²) in [5.41, 5.74) is 4.22. The van der Waals surface area contributed by atoms with Crippen LogP contribution in [0.2, 0.25) is 0 Å². The van der Waals surface area contributed by atoms with E-state index in [9.17, 15) is 14.0 Å². The van der Waals surface area contributed by atoms with E-state index < -0.39 is 17.8 Å². The fourth-order valence-corrected chi connectivity index (χ4v) is 4.71. The standard InChI is InChI=1S/C27H30FN3O3/c1-6-11-31-23-14-24(34-5)19(12-20(23)17(2)15-27(31,3)4)13-22-25(32)30(26(33)29-22)16-18-9-7-8-10-21(18)28/h7-10,12-15H,6,11,16H2,1-5H3,(H,29,33)/b22-13+. The van der Waals surface area contributed by atoms with Gasteiger partial charge in [0.05, 0.1) is 19.2 Å². The predicted octanol–water partition coefficient (Wildman–Crippen LogP) is 5.34. The van der Waals surface area contributed by atoms with Gasteiger partial charge in [0.1, 0.15) is 17.3 Å². The number of amides is 3. The highest BCUT2D eigenvalue weighted by Crippen LogP contribution is 2.42. The number of carbonyl (C=O) groups is 2. The maximum Gasteiger partial charge on any atom is 0.329 e. The molecule has 2 aromatic carbocycles. The molecule has 0 radical (unpaired) electrons. The second kappa shape index (κ2) is 8.97. The number of hydrogen-bond donors (Lipinski definition) is 1. The van der Waals surface area contributed by atoms with Crippen LogP contribution in [-0.4, -0.2) is 36.0 Å². The van der Waals surface area contributed by atoms with Gasteiger partial charge in [0, 0.05) is 35.0 Å². The summed E-state index contributed by atoms with van der Waals surface area (Å²) in [5.74, 6) is -0.361. The van der Waals surface area contributed by atoms with Crippen LogP contribution in [0.4, 0.5) is 14.9 Å². The predicted molar refractivity (Wildman–Crippen MR) is 132 cm³/mol. The van der Waals surface area contributed by atoms with Crippen LogP contribution >= 0.6 is 0 Å². The van der Waals surface area contributed by atoms with Crippen LogP contribution in [-0.2, 0) is 11.3 Å². The third-order valence-corrected chi connectivity index (χ3v) is 6.32. The zero-order chi connectivity index (χ0) is 24.6. The summed E-state index contributed by atoms with van der Waals surface area (Å²) in [4.78, 5) is 28.9. The van der Waals surface area contributed by atoms with E-state index in [1.165, 1.54) is 6.07 Å². The normalized spacial score (nSPS) is 18.2. The van der Waals surface area contributed by atoms with Crippen LogP contribution in [0.5, 0.6) is 5.75 Å². The molecule has 0 unspecified atom stereocenters. The molecule has 4 rings (SSSR count). The second-order valence-electron chi connectivity index (χ2n) is 9.21. The van der Waals surface area contributed by atoms with Crippen molar-refractivity contribution in [3.8, 4) is 5.75 Å². The number of carbonyl (C=O) groups excluding carboxylic acids is 2. The van der Waals surface area contributed by atoms with Crippen molar-refractivity contribution < 1.29 is 18.7 Å². The molecule has 3 amide bonds. The van der Waals surface area contributed by atoms with Crippen LogP contribution in [0.1, 0.15) is 50.8 Å². The monoisotopic (exact) mass is 463 g/mol. The van der Waals surface area contributed by atoms with Gasteiger partial charge in [0.15, 0.2) is 0 Å². The Balaban J connectivity index is 1.71. The van der Waals surface area contributed by atoms with Crippen LogP contribution in [0.25, 0.3) is 11.6 Å². The minimum Gasteiger partial charge on any atom is -0.496 e. The summed E-state index contributed by atoms with van der Waals surface area (Å²) < 4.78 is 19.7. The lowest BCUT2D eigenvalue weighted by molar-refractivity contribution is -0.123. The number of benzene rings is 2. The molecule has 2 aliphatic heterocycles. The van der Waals surface area contributed by atoms with Crippen molar-refractivity contribution in [2.45, 2.75) is 46.2 Å².